The molecule has 0 spiro atoms. The smallest absolute Gasteiger partial charge is 0.230 e. The summed E-state index contributed by atoms with van der Waals surface area (Å²) in [4.78, 5) is 24.4. The van der Waals surface area contributed by atoms with E-state index in [2.05, 4.69) is 5.32 Å². The van der Waals surface area contributed by atoms with Crippen LogP contribution in [0.5, 0.6) is 0 Å². The van der Waals surface area contributed by atoms with Gasteiger partial charge in [-0.15, -0.1) is 0 Å². The Balaban J connectivity index is 2.55. The van der Waals surface area contributed by atoms with Crippen molar-refractivity contribution in [3.63, 3.8) is 0 Å². The molecule has 0 saturated carbocycles. The fourth-order valence-corrected chi connectivity index (χ4v) is 2.35. The number of nitrogens with two attached hydrogens (primary N) is 1. The molecule has 8 heteroatoms. The first kappa shape index (κ1) is 20.0. The third-order valence-corrected chi connectivity index (χ3v) is 3.86. The van der Waals surface area contributed by atoms with E-state index in [4.69, 9.17) is 0 Å². The molecule has 4 N–H and O–H groups in total. The topological polar surface area (TPSA) is 90.3 Å². The van der Waals surface area contributed by atoms with Gasteiger partial charge in [0.05, 0.1) is 31.2 Å². The lowest BCUT2D eigenvalue weighted by atomic mass is 10.2. The number of carbonyl (C=O) groups is 2. The molecule has 24 heavy (non-hydrogen) atoms. The zero-order chi connectivity index (χ0) is 18.1. The van der Waals surface area contributed by atoms with Crippen molar-refractivity contribution in [1.82, 2.24) is 0 Å². The van der Waals surface area contributed by atoms with Crippen molar-refractivity contribution in [2.24, 2.45) is 0 Å². The lowest BCUT2D eigenvalue weighted by Crippen LogP contribution is -3.14. The van der Waals surface area contributed by atoms with Gasteiger partial charge in [-0.25, -0.2) is 8.78 Å². The highest BCUT2D eigenvalue weighted by Crippen LogP contribution is 2.15. The number of hydrogen-bond acceptors (Lipinski definition) is 3. The first-order chi connectivity index (χ1) is 11.4. The Morgan fingerprint density at radius 1 is 1.29 bits per heavy atom. The molecule has 0 bridgehead atoms. The Morgan fingerprint density at radius 3 is 2.50 bits per heavy atom. The number of anilines is 1. The van der Waals surface area contributed by atoms with Gasteiger partial charge in [0, 0.05) is 6.07 Å². The van der Waals surface area contributed by atoms with E-state index < -0.39 is 29.6 Å². The largest absolute Gasteiger partial charge is 0.544 e. The molecule has 0 aliphatic carbocycles. The van der Waals surface area contributed by atoms with Crippen LogP contribution in [-0.2, 0) is 9.59 Å². The molecular formula is C16H24F2N3O3+. The minimum Gasteiger partial charge on any atom is -0.544 e. The number of halogens is 2. The summed E-state index contributed by atoms with van der Waals surface area (Å²) < 4.78 is 26.3. The second-order valence-electron chi connectivity index (χ2n) is 5.53. The molecule has 1 aromatic carbocycles. The van der Waals surface area contributed by atoms with Gasteiger partial charge in [-0.05, 0) is 26.0 Å². The number of likely N-dealkylation sites (N-methyl/N-ethyl adjacent to an activating group) is 1. The molecule has 1 aromatic rings. The molecule has 0 fully saturated rings. The first-order valence-electron chi connectivity index (χ1n) is 8.00. The van der Waals surface area contributed by atoms with Crippen molar-refractivity contribution in [3.05, 3.63) is 29.8 Å². The fourth-order valence-electron chi connectivity index (χ4n) is 2.35. The molecule has 0 saturated heterocycles. The second-order valence-corrected chi connectivity index (χ2v) is 5.53. The molecule has 1 rings (SSSR count). The zero-order valence-corrected chi connectivity index (χ0v) is 13.9. The van der Waals surface area contributed by atoms with Crippen molar-refractivity contribution in [1.29, 1.82) is 0 Å². The number of amides is 1. The van der Waals surface area contributed by atoms with Gasteiger partial charge in [-0.1, -0.05) is 0 Å². The minimum atomic E-state index is -1.35. The summed E-state index contributed by atoms with van der Waals surface area (Å²) in [5, 5.41) is 15.0. The summed E-state index contributed by atoms with van der Waals surface area (Å²) >= 11 is 0. The maximum absolute atomic E-state index is 13.5. The van der Waals surface area contributed by atoms with E-state index in [-0.39, 0.29) is 12.1 Å². The molecule has 0 heterocycles. The number of carbonyl (C=O) groups excluding carboxylic acids is 2. The lowest BCUT2D eigenvalue weighted by Gasteiger charge is -2.19. The molecule has 0 aromatic heterocycles. The summed E-state index contributed by atoms with van der Waals surface area (Å²) in [6.45, 7) is 7.26. The molecule has 0 radical (unpaired) electrons. The molecule has 0 aliphatic heterocycles. The third-order valence-electron chi connectivity index (χ3n) is 3.86. The van der Waals surface area contributed by atoms with Gasteiger partial charge in [-0.2, -0.15) is 0 Å². The Labute approximate surface area is 139 Å². The molecule has 134 valence electrons. The van der Waals surface area contributed by atoms with Crippen LogP contribution in [0.3, 0.4) is 0 Å². The highest BCUT2D eigenvalue weighted by atomic mass is 19.1. The number of benzene rings is 1. The zero-order valence-electron chi connectivity index (χ0n) is 13.9. The quantitative estimate of drug-likeness (QED) is 0.454. The number of rotatable bonds is 10. The van der Waals surface area contributed by atoms with E-state index in [0.717, 1.165) is 31.8 Å². The maximum Gasteiger partial charge on any atom is 0.230 e. The van der Waals surface area contributed by atoms with E-state index in [1.807, 2.05) is 13.8 Å². The number of aliphatic carboxylic acids is 1. The minimum absolute atomic E-state index is 0.189. The van der Waals surface area contributed by atoms with E-state index >= 15 is 0 Å². The van der Waals surface area contributed by atoms with E-state index in [1.165, 1.54) is 4.90 Å². The van der Waals surface area contributed by atoms with Crippen molar-refractivity contribution in [2.45, 2.75) is 26.3 Å². The molecular weight excluding hydrogens is 320 g/mol. The van der Waals surface area contributed by atoms with Gasteiger partial charge in [-0.3, -0.25) is 4.79 Å². The summed E-state index contributed by atoms with van der Waals surface area (Å²) in [7, 11) is 0. The SMILES string of the molecule is CC[NH+](CC)CC[NH2+][C@@H](CC(=O)Nc1ccc(F)cc1F)C(=O)[O-]. The average Bonchev–Trinajstić information content (AvgIpc) is 2.53. The Kier molecular flexibility index (Phi) is 8.28. The van der Waals surface area contributed by atoms with Crippen LogP contribution in [0.4, 0.5) is 14.5 Å². The highest BCUT2D eigenvalue weighted by molar-refractivity contribution is 5.93. The average molecular weight is 344 g/mol. The van der Waals surface area contributed by atoms with Gasteiger partial charge in [0.25, 0.3) is 0 Å². The summed E-state index contributed by atoms with van der Waals surface area (Å²) in [6.07, 6.45) is -0.354. The van der Waals surface area contributed by atoms with E-state index in [1.54, 1.807) is 5.32 Å². The molecule has 1 amide bonds. The number of carboxylic acids is 1. The highest BCUT2D eigenvalue weighted by Gasteiger charge is 2.20. The van der Waals surface area contributed by atoms with E-state index in [9.17, 15) is 23.5 Å². The summed E-state index contributed by atoms with van der Waals surface area (Å²) in [5.74, 6) is -3.69. The molecule has 0 unspecified atom stereocenters. The fraction of sp³-hybridized carbons (Fsp3) is 0.500. The Hall–Kier alpha value is -2.06. The number of carboxylic acid groups (broad SMARTS) is 1. The Morgan fingerprint density at radius 2 is 1.96 bits per heavy atom. The van der Waals surface area contributed by atoms with E-state index in [0.29, 0.717) is 12.6 Å². The number of nitrogens with one attached hydrogen (secondary N) is 2. The van der Waals surface area contributed by atoms with Crippen LogP contribution < -0.4 is 20.6 Å². The van der Waals surface area contributed by atoms with Crippen molar-refractivity contribution < 1.29 is 33.7 Å². The number of hydrogen-bond donors (Lipinski definition) is 3. The standard InChI is InChI=1S/C16H23F2N3O3/c1-3-21(4-2)8-7-19-14(16(23)24)10-15(22)20-13-6-5-11(17)9-12(13)18/h5-6,9,14,19H,3-4,7-8,10H2,1-2H3,(H,20,22)(H,23,24)/p+1/t14-/m0/s1. The van der Waals surface area contributed by atoms with Crippen LogP contribution in [-0.4, -0.2) is 44.1 Å². The van der Waals surface area contributed by atoms with Crippen LogP contribution in [0.25, 0.3) is 0 Å². The van der Waals surface area contributed by atoms with Crippen LogP contribution in [0.15, 0.2) is 18.2 Å². The first-order valence-corrected chi connectivity index (χ1v) is 8.00. The van der Waals surface area contributed by atoms with Crippen molar-refractivity contribution >= 4 is 17.6 Å². The van der Waals surface area contributed by atoms with Crippen molar-refractivity contribution in [3.8, 4) is 0 Å². The second kappa shape index (κ2) is 9.94. The molecule has 0 aliphatic rings. The normalized spacial score (nSPS) is 12.2. The van der Waals surface area contributed by atoms with Crippen LogP contribution in [0.1, 0.15) is 20.3 Å². The lowest BCUT2D eigenvalue weighted by molar-refractivity contribution is -0.910. The summed E-state index contributed by atoms with van der Waals surface area (Å²) in [5.41, 5.74) is -0.189. The van der Waals surface area contributed by atoms with Gasteiger partial charge in [0.1, 0.15) is 30.8 Å². The van der Waals surface area contributed by atoms with Gasteiger partial charge < -0.3 is 25.4 Å². The van der Waals surface area contributed by atoms with Crippen molar-refractivity contribution in [2.75, 3.05) is 31.5 Å². The monoisotopic (exact) mass is 344 g/mol. The van der Waals surface area contributed by atoms with Crippen LogP contribution >= 0.6 is 0 Å². The third kappa shape index (κ3) is 6.59. The van der Waals surface area contributed by atoms with Gasteiger partial charge in [0.2, 0.25) is 5.91 Å². The predicted octanol–water partition coefficient (Wildman–Crippen LogP) is -2.10. The summed E-state index contributed by atoms with van der Waals surface area (Å²) in [6, 6.07) is 1.69. The Bertz CT molecular complexity index is 565. The maximum atomic E-state index is 13.5. The number of quaternary nitrogens is 2. The van der Waals surface area contributed by atoms with Gasteiger partial charge >= 0.3 is 0 Å². The molecule has 1 atom stereocenters. The van der Waals surface area contributed by atoms with Gasteiger partial charge in [0.15, 0.2) is 0 Å². The predicted molar refractivity (Wildman–Crippen MR) is 82.1 cm³/mol. The van der Waals surface area contributed by atoms with Crippen LogP contribution in [0.2, 0.25) is 0 Å². The van der Waals surface area contributed by atoms with Crippen LogP contribution in [0, 0.1) is 11.6 Å². The molecule has 6 nitrogen and oxygen atoms in total.